The number of nitrogens with two attached hydrogens (primary N) is 1. The largest absolute Gasteiger partial charge is 0.398 e. The van der Waals surface area contributed by atoms with Gasteiger partial charge in [0.15, 0.2) is 5.78 Å². The van der Waals surface area contributed by atoms with Crippen molar-refractivity contribution in [1.29, 1.82) is 0 Å². The number of Topliss-reactive ketones (excluding diaryl/α,β-unsaturated/α-hetero) is 1. The third kappa shape index (κ3) is 1.02. The molecule has 0 bridgehead atoms. The van der Waals surface area contributed by atoms with Crippen LogP contribution in [0.3, 0.4) is 0 Å². The van der Waals surface area contributed by atoms with Gasteiger partial charge in [-0.2, -0.15) is 0 Å². The fourth-order valence-electron chi connectivity index (χ4n) is 0.732. The molecule has 0 saturated carbocycles. The van der Waals surface area contributed by atoms with Crippen molar-refractivity contribution in [2.24, 2.45) is 5.73 Å². The van der Waals surface area contributed by atoms with E-state index in [0.29, 0.717) is 17.7 Å². The molecule has 0 aromatic carbocycles. The molecule has 0 amide bonds. The standard InChI is InChI=1S/C7H9NO/c1-5-6(8)3-2-4-7(5)9/h2-3H,4,8H2,1H3. The molecule has 0 radical (unpaired) electrons. The van der Waals surface area contributed by atoms with E-state index in [4.69, 9.17) is 5.73 Å². The third-order valence-electron chi connectivity index (χ3n) is 1.45. The van der Waals surface area contributed by atoms with Crippen LogP contribution in [0.2, 0.25) is 0 Å². The maximum atomic E-state index is 10.8. The molecular formula is C7H9NO. The van der Waals surface area contributed by atoms with Gasteiger partial charge in [0, 0.05) is 17.7 Å². The maximum Gasteiger partial charge on any atom is 0.164 e. The normalized spacial score (nSPS) is 19.0. The van der Waals surface area contributed by atoms with Crippen molar-refractivity contribution in [3.05, 3.63) is 23.4 Å². The predicted molar refractivity (Wildman–Crippen MR) is 35.7 cm³/mol. The van der Waals surface area contributed by atoms with E-state index in [2.05, 4.69) is 0 Å². The second-order valence-electron chi connectivity index (χ2n) is 2.11. The molecule has 2 N–H and O–H groups in total. The highest BCUT2D eigenvalue weighted by Gasteiger charge is 2.08. The van der Waals surface area contributed by atoms with Gasteiger partial charge in [0.1, 0.15) is 0 Å². The zero-order valence-corrected chi connectivity index (χ0v) is 5.35. The Morgan fingerprint density at radius 2 is 2.33 bits per heavy atom. The first-order valence-corrected chi connectivity index (χ1v) is 2.88. The molecule has 1 rings (SSSR count). The number of hydrogen-bond acceptors (Lipinski definition) is 2. The van der Waals surface area contributed by atoms with Crippen molar-refractivity contribution in [1.82, 2.24) is 0 Å². The molecule has 48 valence electrons. The Bertz CT molecular complexity index is 201. The number of rotatable bonds is 0. The topological polar surface area (TPSA) is 43.1 Å². The summed E-state index contributed by atoms with van der Waals surface area (Å²) in [7, 11) is 0. The van der Waals surface area contributed by atoms with Crippen LogP contribution in [0, 0.1) is 0 Å². The molecule has 0 aliphatic heterocycles. The van der Waals surface area contributed by atoms with Crippen molar-refractivity contribution in [3.8, 4) is 0 Å². The van der Waals surface area contributed by atoms with Gasteiger partial charge < -0.3 is 5.73 Å². The van der Waals surface area contributed by atoms with Crippen LogP contribution in [0.4, 0.5) is 0 Å². The van der Waals surface area contributed by atoms with Crippen LogP contribution in [-0.2, 0) is 4.79 Å². The van der Waals surface area contributed by atoms with E-state index in [1.165, 1.54) is 0 Å². The Hall–Kier alpha value is -1.05. The van der Waals surface area contributed by atoms with Gasteiger partial charge >= 0.3 is 0 Å². The average Bonchev–Trinajstić information content (AvgIpc) is 1.83. The summed E-state index contributed by atoms with van der Waals surface area (Å²) in [5.41, 5.74) is 6.74. The van der Waals surface area contributed by atoms with Crippen molar-refractivity contribution < 1.29 is 4.79 Å². The molecule has 2 heteroatoms. The minimum Gasteiger partial charge on any atom is -0.398 e. The molecule has 2 nitrogen and oxygen atoms in total. The molecule has 0 atom stereocenters. The highest BCUT2D eigenvalue weighted by atomic mass is 16.1. The maximum absolute atomic E-state index is 10.8. The Kier molecular flexibility index (Phi) is 1.39. The van der Waals surface area contributed by atoms with Gasteiger partial charge in [0.25, 0.3) is 0 Å². The van der Waals surface area contributed by atoms with Crippen molar-refractivity contribution in [3.63, 3.8) is 0 Å². The summed E-state index contributed by atoms with van der Waals surface area (Å²) in [5.74, 6) is 0.134. The molecular weight excluding hydrogens is 114 g/mol. The Balaban J connectivity index is 2.97. The van der Waals surface area contributed by atoms with Gasteiger partial charge in [-0.05, 0) is 13.0 Å². The van der Waals surface area contributed by atoms with E-state index >= 15 is 0 Å². The first-order chi connectivity index (χ1) is 4.22. The first kappa shape index (κ1) is 6.08. The summed E-state index contributed by atoms with van der Waals surface area (Å²) < 4.78 is 0. The molecule has 0 fully saturated rings. The van der Waals surface area contributed by atoms with Crippen molar-refractivity contribution >= 4 is 5.78 Å². The van der Waals surface area contributed by atoms with Gasteiger partial charge in [0.05, 0.1) is 0 Å². The second-order valence-corrected chi connectivity index (χ2v) is 2.11. The van der Waals surface area contributed by atoms with Crippen LogP contribution in [0.25, 0.3) is 0 Å². The fraction of sp³-hybridized carbons (Fsp3) is 0.286. The van der Waals surface area contributed by atoms with Crippen molar-refractivity contribution in [2.45, 2.75) is 13.3 Å². The van der Waals surface area contributed by atoms with E-state index in [1.807, 2.05) is 0 Å². The third-order valence-corrected chi connectivity index (χ3v) is 1.45. The fourth-order valence-corrected chi connectivity index (χ4v) is 0.732. The summed E-state index contributed by atoms with van der Waals surface area (Å²) in [6.07, 6.45) is 4.06. The molecule has 0 aromatic heterocycles. The minimum absolute atomic E-state index is 0.134. The lowest BCUT2D eigenvalue weighted by Crippen LogP contribution is -2.09. The van der Waals surface area contributed by atoms with Crippen LogP contribution in [0.1, 0.15) is 13.3 Å². The van der Waals surface area contributed by atoms with E-state index in [9.17, 15) is 4.79 Å². The minimum atomic E-state index is 0.134. The number of allylic oxidation sites excluding steroid dienone is 3. The van der Waals surface area contributed by atoms with Gasteiger partial charge in [-0.1, -0.05) is 6.08 Å². The summed E-state index contributed by atoms with van der Waals surface area (Å²) in [6.45, 7) is 1.75. The van der Waals surface area contributed by atoms with Crippen LogP contribution in [-0.4, -0.2) is 5.78 Å². The number of carbonyl (C=O) groups excluding carboxylic acids is 1. The number of ketones is 1. The Morgan fingerprint density at radius 3 is 2.78 bits per heavy atom. The monoisotopic (exact) mass is 123 g/mol. The zero-order chi connectivity index (χ0) is 6.85. The molecule has 0 aromatic rings. The van der Waals surface area contributed by atoms with Gasteiger partial charge in [0.2, 0.25) is 0 Å². The summed E-state index contributed by atoms with van der Waals surface area (Å²) in [6, 6.07) is 0. The zero-order valence-electron chi connectivity index (χ0n) is 5.35. The first-order valence-electron chi connectivity index (χ1n) is 2.88. The second kappa shape index (κ2) is 2.05. The lowest BCUT2D eigenvalue weighted by Gasteiger charge is -2.05. The molecule has 0 unspecified atom stereocenters. The summed E-state index contributed by atoms with van der Waals surface area (Å²) in [5, 5.41) is 0. The lowest BCUT2D eigenvalue weighted by molar-refractivity contribution is -0.114. The molecule has 1 aliphatic carbocycles. The number of hydrogen-bond donors (Lipinski definition) is 1. The molecule has 1 aliphatic rings. The van der Waals surface area contributed by atoms with Crippen LogP contribution in [0.5, 0.6) is 0 Å². The SMILES string of the molecule is CC1=C(N)C=CCC1=O. The van der Waals surface area contributed by atoms with E-state index in [-0.39, 0.29) is 5.78 Å². The predicted octanol–water partition coefficient (Wildman–Crippen LogP) is 0.748. The smallest absolute Gasteiger partial charge is 0.164 e. The lowest BCUT2D eigenvalue weighted by atomic mass is 10.0. The molecule has 0 spiro atoms. The van der Waals surface area contributed by atoms with E-state index in [1.54, 1.807) is 19.1 Å². The van der Waals surface area contributed by atoms with Gasteiger partial charge in [-0.15, -0.1) is 0 Å². The van der Waals surface area contributed by atoms with Gasteiger partial charge in [-0.3, -0.25) is 4.79 Å². The van der Waals surface area contributed by atoms with Crippen LogP contribution < -0.4 is 5.73 Å². The number of carbonyl (C=O) groups is 1. The van der Waals surface area contributed by atoms with Crippen LogP contribution >= 0.6 is 0 Å². The van der Waals surface area contributed by atoms with E-state index < -0.39 is 0 Å². The van der Waals surface area contributed by atoms with Crippen LogP contribution in [0.15, 0.2) is 23.4 Å². The summed E-state index contributed by atoms with van der Waals surface area (Å²) >= 11 is 0. The average molecular weight is 123 g/mol. The van der Waals surface area contributed by atoms with E-state index in [0.717, 1.165) is 0 Å². The summed E-state index contributed by atoms with van der Waals surface area (Å²) in [4.78, 5) is 10.8. The molecule has 0 saturated heterocycles. The van der Waals surface area contributed by atoms with Crippen molar-refractivity contribution in [2.75, 3.05) is 0 Å². The highest BCUT2D eigenvalue weighted by Crippen LogP contribution is 2.09. The molecule has 9 heavy (non-hydrogen) atoms. The highest BCUT2D eigenvalue weighted by molar-refractivity contribution is 5.97. The Morgan fingerprint density at radius 1 is 1.67 bits per heavy atom. The van der Waals surface area contributed by atoms with Gasteiger partial charge in [-0.25, -0.2) is 0 Å². The quantitative estimate of drug-likeness (QED) is 0.516. The molecule has 0 heterocycles. The Labute approximate surface area is 54.0 Å².